The quantitative estimate of drug-likeness (QED) is 0.0497. The van der Waals surface area contributed by atoms with Crippen molar-refractivity contribution in [3.63, 3.8) is 0 Å². The molecule has 54 heavy (non-hydrogen) atoms. The molecule has 1 fully saturated rings. The first-order valence-electron chi connectivity index (χ1n) is 23.0. The summed E-state index contributed by atoms with van der Waals surface area (Å²) in [6, 6.07) is 0.356. The lowest BCUT2D eigenvalue weighted by Gasteiger charge is -2.39. The molecule has 0 aliphatic carbocycles. The number of piperazine rings is 1. The van der Waals surface area contributed by atoms with E-state index in [9.17, 15) is 0 Å². The van der Waals surface area contributed by atoms with Gasteiger partial charge in [0.2, 0.25) is 0 Å². The zero-order valence-corrected chi connectivity index (χ0v) is 35.6. The summed E-state index contributed by atoms with van der Waals surface area (Å²) >= 11 is 0. The number of aromatic nitrogens is 2. The summed E-state index contributed by atoms with van der Waals surface area (Å²) in [6.07, 6.45) is 55.4. The van der Waals surface area contributed by atoms with Crippen LogP contribution in [0.25, 0.3) is 0 Å². The summed E-state index contributed by atoms with van der Waals surface area (Å²) in [6.45, 7) is 14.4. The minimum absolute atomic E-state index is 0.356. The van der Waals surface area contributed by atoms with Gasteiger partial charge in [0.05, 0.1) is 25.6 Å². The smallest absolute Gasteiger partial charge is 0.0946 e. The van der Waals surface area contributed by atoms with E-state index in [1.165, 1.54) is 141 Å². The van der Waals surface area contributed by atoms with Gasteiger partial charge < -0.3 is 14.0 Å². The molecule has 0 N–H and O–H groups in total. The first-order chi connectivity index (χ1) is 26.8. The average molecular weight is 751 g/mol. The fourth-order valence-electron chi connectivity index (χ4n) is 7.11. The largest absolute Gasteiger partial charge is 0.380 e. The molecule has 1 aliphatic rings. The Hall–Kier alpha value is -1.99. The molecule has 6 nitrogen and oxygen atoms in total. The van der Waals surface area contributed by atoms with Crippen molar-refractivity contribution in [2.45, 2.75) is 181 Å². The molecule has 0 saturated carbocycles. The maximum Gasteiger partial charge on any atom is 0.0946 e. The van der Waals surface area contributed by atoms with E-state index in [2.05, 4.69) is 88.0 Å². The van der Waals surface area contributed by atoms with Crippen LogP contribution < -0.4 is 0 Å². The van der Waals surface area contributed by atoms with Crippen molar-refractivity contribution >= 4 is 0 Å². The Morgan fingerprint density at radius 1 is 0.519 bits per heavy atom. The number of unbranched alkanes of at least 4 members (excludes halogenated alkanes) is 18. The highest BCUT2D eigenvalue weighted by Gasteiger charge is 2.24. The van der Waals surface area contributed by atoms with E-state index in [1.807, 2.05) is 12.5 Å². The van der Waals surface area contributed by atoms with Gasteiger partial charge in [0.1, 0.15) is 0 Å². The molecule has 0 amide bonds. The third-order valence-corrected chi connectivity index (χ3v) is 10.8. The van der Waals surface area contributed by atoms with Crippen LogP contribution in [0.15, 0.2) is 67.3 Å². The van der Waals surface area contributed by atoms with E-state index in [1.54, 1.807) is 0 Å². The molecule has 0 unspecified atom stereocenters. The minimum atomic E-state index is 0.356. The first-order valence-corrected chi connectivity index (χ1v) is 23.0. The second-order valence-corrected chi connectivity index (χ2v) is 15.7. The summed E-state index contributed by atoms with van der Waals surface area (Å²) in [4.78, 5) is 9.41. The molecular formula is C48H86N4O2. The Balaban J connectivity index is 1.52. The summed E-state index contributed by atoms with van der Waals surface area (Å²) in [5.41, 5.74) is 0. The molecule has 2 heterocycles. The first kappa shape index (κ1) is 48.2. The molecule has 0 aromatic carbocycles. The molecular weight excluding hydrogens is 665 g/mol. The third-order valence-electron chi connectivity index (χ3n) is 10.8. The molecule has 0 radical (unpaired) electrons. The van der Waals surface area contributed by atoms with E-state index < -0.39 is 0 Å². The van der Waals surface area contributed by atoms with Gasteiger partial charge in [-0.1, -0.05) is 140 Å². The molecule has 2 rings (SSSR count). The Bertz CT molecular complexity index is 960. The van der Waals surface area contributed by atoms with Crippen LogP contribution >= 0.6 is 0 Å². The topological polar surface area (TPSA) is 42.8 Å². The SMILES string of the molecule is CCCCC/C=C\C/C=C\CCCCCCCCOCC(COCCCCCCCC/C=C\C/C=C\CCCCC)N1CCN(CCn2ccnc2)CC1. The molecule has 6 heteroatoms. The zero-order chi connectivity index (χ0) is 38.3. The molecule has 1 saturated heterocycles. The predicted molar refractivity (Wildman–Crippen MR) is 234 cm³/mol. The van der Waals surface area contributed by atoms with Gasteiger partial charge in [0, 0.05) is 64.9 Å². The van der Waals surface area contributed by atoms with Crippen molar-refractivity contribution in [1.82, 2.24) is 19.4 Å². The van der Waals surface area contributed by atoms with Crippen molar-refractivity contribution in [2.24, 2.45) is 0 Å². The number of nitrogens with zero attached hydrogens (tertiary/aromatic N) is 4. The molecule has 0 bridgehead atoms. The van der Waals surface area contributed by atoms with Crippen LogP contribution in [-0.4, -0.2) is 84.5 Å². The van der Waals surface area contributed by atoms with E-state index in [4.69, 9.17) is 9.47 Å². The van der Waals surface area contributed by atoms with E-state index in [-0.39, 0.29) is 0 Å². The van der Waals surface area contributed by atoms with Crippen LogP contribution in [0.1, 0.15) is 168 Å². The minimum Gasteiger partial charge on any atom is -0.380 e. The molecule has 1 aromatic heterocycles. The standard InChI is InChI=1S/C48H86N4O2/c1-3-5-7-9-11-13-15-17-19-21-23-25-27-29-31-33-43-53-45-48(52-41-39-50(40-42-52)37-38-51-36-35-49-47-51)46-54-44-34-32-30-28-26-24-22-20-18-16-14-12-10-8-6-4-2/h11-14,17-20,35-36,47-48H,3-10,15-16,21-34,37-46H2,1-2H3/b13-11-,14-12-,19-17-,20-18-. The maximum atomic E-state index is 6.31. The highest BCUT2D eigenvalue weighted by atomic mass is 16.5. The molecule has 1 aromatic rings. The van der Waals surface area contributed by atoms with Crippen LogP contribution in [0.4, 0.5) is 0 Å². The van der Waals surface area contributed by atoms with Crippen LogP contribution in [0, 0.1) is 0 Å². The van der Waals surface area contributed by atoms with Gasteiger partial charge in [-0.05, 0) is 77.0 Å². The summed E-state index contributed by atoms with van der Waals surface area (Å²) in [5, 5.41) is 0. The zero-order valence-electron chi connectivity index (χ0n) is 35.6. The fraction of sp³-hybridized carbons (Fsp3) is 0.771. The predicted octanol–water partition coefficient (Wildman–Crippen LogP) is 12.5. The van der Waals surface area contributed by atoms with Crippen molar-refractivity contribution in [1.29, 1.82) is 0 Å². The summed E-state index contributed by atoms with van der Waals surface area (Å²) < 4.78 is 14.8. The van der Waals surface area contributed by atoms with Gasteiger partial charge in [0.15, 0.2) is 0 Å². The second kappa shape index (κ2) is 37.9. The Morgan fingerprint density at radius 2 is 0.963 bits per heavy atom. The number of hydrogen-bond acceptors (Lipinski definition) is 5. The summed E-state index contributed by atoms with van der Waals surface area (Å²) in [5.74, 6) is 0. The number of imidazole rings is 1. The number of hydrogen-bond donors (Lipinski definition) is 0. The Labute approximate surface area is 334 Å². The van der Waals surface area contributed by atoms with Crippen molar-refractivity contribution in [3.8, 4) is 0 Å². The highest BCUT2D eigenvalue weighted by Crippen LogP contribution is 2.13. The van der Waals surface area contributed by atoms with Gasteiger partial charge >= 0.3 is 0 Å². The molecule has 0 atom stereocenters. The molecule has 310 valence electrons. The van der Waals surface area contributed by atoms with Gasteiger partial charge in [-0.3, -0.25) is 9.80 Å². The average Bonchev–Trinajstić information content (AvgIpc) is 3.72. The normalized spacial score (nSPS) is 14.8. The van der Waals surface area contributed by atoms with Crippen molar-refractivity contribution in [2.75, 3.05) is 59.2 Å². The second-order valence-electron chi connectivity index (χ2n) is 15.7. The van der Waals surface area contributed by atoms with Crippen LogP contribution in [-0.2, 0) is 16.0 Å². The van der Waals surface area contributed by atoms with E-state index in [0.717, 1.165) is 78.5 Å². The van der Waals surface area contributed by atoms with Gasteiger partial charge in [-0.15, -0.1) is 0 Å². The monoisotopic (exact) mass is 751 g/mol. The molecule has 0 spiro atoms. The third kappa shape index (κ3) is 29.3. The van der Waals surface area contributed by atoms with Crippen molar-refractivity contribution < 1.29 is 9.47 Å². The molecule has 1 aliphatic heterocycles. The lowest BCUT2D eigenvalue weighted by molar-refractivity contribution is -0.0142. The lowest BCUT2D eigenvalue weighted by atomic mass is 10.1. The van der Waals surface area contributed by atoms with Crippen LogP contribution in [0.5, 0.6) is 0 Å². The van der Waals surface area contributed by atoms with Crippen molar-refractivity contribution in [3.05, 3.63) is 67.3 Å². The number of rotatable bonds is 38. The Morgan fingerprint density at radius 3 is 1.41 bits per heavy atom. The number of ether oxygens (including phenoxy) is 2. The van der Waals surface area contributed by atoms with Gasteiger partial charge in [-0.25, -0.2) is 4.98 Å². The van der Waals surface area contributed by atoms with Gasteiger partial charge in [-0.2, -0.15) is 0 Å². The fourth-order valence-corrected chi connectivity index (χ4v) is 7.11. The highest BCUT2D eigenvalue weighted by molar-refractivity contribution is 4.93. The lowest BCUT2D eigenvalue weighted by Crippen LogP contribution is -2.53. The van der Waals surface area contributed by atoms with E-state index >= 15 is 0 Å². The number of allylic oxidation sites excluding steroid dienone is 8. The van der Waals surface area contributed by atoms with Crippen LogP contribution in [0.3, 0.4) is 0 Å². The Kier molecular flexibility index (Phi) is 33.8. The van der Waals surface area contributed by atoms with E-state index in [0.29, 0.717) is 6.04 Å². The van der Waals surface area contributed by atoms with Crippen LogP contribution in [0.2, 0.25) is 0 Å². The summed E-state index contributed by atoms with van der Waals surface area (Å²) in [7, 11) is 0. The van der Waals surface area contributed by atoms with Gasteiger partial charge in [0.25, 0.3) is 0 Å². The maximum absolute atomic E-state index is 6.31.